The van der Waals surface area contributed by atoms with E-state index >= 15 is 0 Å². The second-order valence-corrected chi connectivity index (χ2v) is 20.2. The van der Waals surface area contributed by atoms with Gasteiger partial charge in [-0.15, -0.1) is 0 Å². The highest BCUT2D eigenvalue weighted by molar-refractivity contribution is 6.86. The van der Waals surface area contributed by atoms with Crippen molar-refractivity contribution < 1.29 is 14.0 Å². The van der Waals surface area contributed by atoms with Crippen LogP contribution in [0.5, 0.6) is 0 Å². The Hall–Kier alpha value is -1.41. The first-order chi connectivity index (χ1) is 11.9. The Bertz CT molecular complexity index is 713. The minimum absolute atomic E-state index is 0.00365. The van der Waals surface area contributed by atoms with Crippen molar-refractivity contribution in [2.24, 2.45) is 0 Å². The first-order valence-electron chi connectivity index (χ1n) is 9.56. The molecule has 0 atom stereocenters. The molecule has 152 valence electrons. The smallest absolute Gasteiger partial charge is 0.324 e. The van der Waals surface area contributed by atoms with E-state index in [0.717, 1.165) is 5.69 Å². The van der Waals surface area contributed by atoms with E-state index in [4.69, 9.17) is 4.43 Å². The van der Waals surface area contributed by atoms with Crippen molar-refractivity contribution in [3.05, 3.63) is 29.8 Å². The number of anilines is 1. The summed E-state index contributed by atoms with van der Waals surface area (Å²) in [5.74, 6) is -0.293. The minimum Gasteiger partial charge on any atom is -0.516 e. The normalized spacial score (nSPS) is 13.3. The van der Waals surface area contributed by atoms with Crippen molar-refractivity contribution >= 4 is 34.1 Å². The number of hydrogen-bond donors (Lipinski definition) is 0. The Kier molecular flexibility index (Phi) is 6.61. The molecule has 4 nitrogen and oxygen atoms in total. The molecule has 1 rings (SSSR count). The van der Waals surface area contributed by atoms with Gasteiger partial charge in [-0.05, 0) is 41.4 Å². The van der Waals surface area contributed by atoms with Crippen molar-refractivity contribution in [3.8, 4) is 0 Å². The van der Waals surface area contributed by atoms with Crippen LogP contribution >= 0.6 is 0 Å². The molecule has 1 aromatic rings. The van der Waals surface area contributed by atoms with E-state index in [1.54, 1.807) is 19.1 Å². The third-order valence-electron chi connectivity index (χ3n) is 6.20. The molecule has 0 unspecified atom stereocenters. The predicted octanol–water partition coefficient (Wildman–Crippen LogP) is 6.21. The van der Waals surface area contributed by atoms with Gasteiger partial charge in [0, 0.05) is 12.6 Å². The van der Waals surface area contributed by atoms with Crippen molar-refractivity contribution in [2.75, 3.05) is 4.57 Å². The quantitative estimate of drug-likeness (QED) is 0.558. The van der Waals surface area contributed by atoms with Crippen LogP contribution in [0.3, 0.4) is 0 Å². The minimum atomic E-state index is -2.21. The summed E-state index contributed by atoms with van der Waals surface area (Å²) in [5.41, 5.74) is 1.28. The van der Waals surface area contributed by atoms with Gasteiger partial charge in [0.1, 0.15) is 0 Å². The molecule has 27 heavy (non-hydrogen) atoms. The molecule has 1 amide bonds. The molecule has 6 heteroatoms. The Morgan fingerprint density at radius 1 is 0.926 bits per heavy atom. The summed E-state index contributed by atoms with van der Waals surface area (Å²) >= 11 is 0. The third-order valence-corrected chi connectivity index (χ3v) is 15.9. The number of benzene rings is 1. The Balaban J connectivity index is 3.31. The highest BCUT2D eigenvalue weighted by atomic mass is 28.4. The van der Waals surface area contributed by atoms with Gasteiger partial charge < -0.3 is 8.99 Å². The van der Waals surface area contributed by atoms with Gasteiger partial charge in [-0.2, -0.15) is 0 Å². The number of carbonyl (C=O) groups excluding carboxylic acids is 2. The van der Waals surface area contributed by atoms with Crippen LogP contribution < -0.4 is 4.57 Å². The number of carbonyl (C=O) groups is 2. The van der Waals surface area contributed by atoms with Crippen molar-refractivity contribution in [3.63, 3.8) is 0 Å². The monoisotopic (exact) mass is 407 g/mol. The van der Waals surface area contributed by atoms with E-state index in [2.05, 4.69) is 67.7 Å². The van der Waals surface area contributed by atoms with Crippen LogP contribution in [-0.2, 0) is 9.22 Å². The molecule has 0 saturated heterocycles. The van der Waals surface area contributed by atoms with E-state index < -0.39 is 16.6 Å². The molecule has 0 aliphatic heterocycles. The summed E-state index contributed by atoms with van der Waals surface area (Å²) in [4.78, 5) is 25.3. The molecule has 0 aromatic heterocycles. The zero-order valence-electron chi connectivity index (χ0n) is 19.0. The third kappa shape index (κ3) is 5.10. The molecular formula is C21H37NO3Si2. The van der Waals surface area contributed by atoms with Crippen molar-refractivity contribution in [1.82, 2.24) is 0 Å². The molecule has 0 N–H and O–H groups in total. The van der Waals surface area contributed by atoms with Gasteiger partial charge in [-0.3, -0.25) is 4.79 Å². The summed E-state index contributed by atoms with van der Waals surface area (Å²) in [6, 6.07) is 7.31. The molecule has 0 radical (unpaired) electrons. The summed E-state index contributed by atoms with van der Waals surface area (Å²) in [7, 11) is -4.34. The Labute approximate surface area is 167 Å². The number of nitrogens with zero attached hydrogens (tertiary/aromatic N) is 1. The molecule has 0 saturated carbocycles. The first-order valence-corrected chi connectivity index (χ1v) is 15.4. The van der Waals surface area contributed by atoms with Gasteiger partial charge in [-0.25, -0.2) is 4.79 Å². The molecule has 0 spiro atoms. The maximum Gasteiger partial charge on any atom is 0.324 e. The standard InChI is InChI=1S/C21H37NO3Si2/c1-16(23)22(26(8,9)20(2,3)4)18-14-12-13-17(15-18)19(24)25-27(10,11)21(5,6)7/h12-15H,1-11H3. The van der Waals surface area contributed by atoms with E-state index in [1.807, 2.05) is 16.7 Å². The molecule has 0 aliphatic carbocycles. The van der Waals surface area contributed by atoms with E-state index in [9.17, 15) is 9.59 Å². The Morgan fingerprint density at radius 3 is 1.85 bits per heavy atom. The van der Waals surface area contributed by atoms with Crippen LogP contribution in [0.15, 0.2) is 24.3 Å². The van der Waals surface area contributed by atoms with Gasteiger partial charge >= 0.3 is 5.97 Å². The summed E-state index contributed by atoms with van der Waals surface area (Å²) < 4.78 is 7.86. The molecule has 0 heterocycles. The van der Waals surface area contributed by atoms with Crippen LogP contribution in [0.4, 0.5) is 5.69 Å². The topological polar surface area (TPSA) is 46.6 Å². The highest BCUT2D eigenvalue weighted by Crippen LogP contribution is 2.41. The van der Waals surface area contributed by atoms with Crippen LogP contribution in [-0.4, -0.2) is 28.4 Å². The maximum atomic E-state index is 12.8. The Morgan fingerprint density at radius 2 is 1.44 bits per heavy atom. The van der Waals surface area contributed by atoms with Crippen LogP contribution in [0.25, 0.3) is 0 Å². The van der Waals surface area contributed by atoms with Crippen LogP contribution in [0, 0.1) is 0 Å². The van der Waals surface area contributed by atoms with Gasteiger partial charge in [-0.1, -0.05) is 60.7 Å². The SMILES string of the molecule is CC(=O)N(c1cccc(C(=O)O[Si](C)(C)C(C)(C)C)c1)[Si](C)(C)C(C)(C)C. The van der Waals surface area contributed by atoms with E-state index in [-0.39, 0.29) is 22.0 Å². The fourth-order valence-corrected chi connectivity index (χ4v) is 5.58. The van der Waals surface area contributed by atoms with E-state index in [1.165, 1.54) is 0 Å². The van der Waals surface area contributed by atoms with Gasteiger partial charge in [0.2, 0.25) is 5.91 Å². The number of amides is 1. The number of rotatable bonds is 4. The average Bonchev–Trinajstić information content (AvgIpc) is 2.44. The lowest BCUT2D eigenvalue weighted by Gasteiger charge is -2.45. The maximum absolute atomic E-state index is 12.8. The lowest BCUT2D eigenvalue weighted by atomic mass is 10.2. The van der Waals surface area contributed by atoms with Crippen LogP contribution in [0.2, 0.25) is 36.3 Å². The van der Waals surface area contributed by atoms with Crippen molar-refractivity contribution in [1.29, 1.82) is 0 Å². The number of hydrogen-bond acceptors (Lipinski definition) is 3. The summed E-state index contributed by atoms with van der Waals surface area (Å²) in [6.07, 6.45) is 0. The molecular weight excluding hydrogens is 370 g/mol. The average molecular weight is 408 g/mol. The fraction of sp³-hybridized carbons (Fsp3) is 0.619. The van der Waals surface area contributed by atoms with E-state index in [0.29, 0.717) is 5.56 Å². The zero-order valence-corrected chi connectivity index (χ0v) is 21.0. The van der Waals surface area contributed by atoms with Gasteiger partial charge in [0.15, 0.2) is 8.24 Å². The molecule has 0 fully saturated rings. The van der Waals surface area contributed by atoms with Crippen LogP contribution in [0.1, 0.15) is 58.8 Å². The first kappa shape index (κ1) is 23.6. The second-order valence-electron chi connectivity index (χ2n) is 10.4. The van der Waals surface area contributed by atoms with Gasteiger partial charge in [0.05, 0.1) is 5.56 Å². The summed E-state index contributed by atoms with van der Waals surface area (Å²) in [6.45, 7) is 22.9. The molecule has 0 aliphatic rings. The molecule has 0 bridgehead atoms. The second kappa shape index (κ2) is 7.55. The largest absolute Gasteiger partial charge is 0.516 e. The zero-order chi connectivity index (χ0) is 21.4. The van der Waals surface area contributed by atoms with Crippen molar-refractivity contribution in [2.45, 2.75) is 84.7 Å². The molecule has 1 aromatic carbocycles. The van der Waals surface area contributed by atoms with Gasteiger partial charge in [0.25, 0.3) is 8.32 Å². The lowest BCUT2D eigenvalue weighted by Crippen LogP contribution is -2.57. The lowest BCUT2D eigenvalue weighted by molar-refractivity contribution is -0.115. The highest BCUT2D eigenvalue weighted by Gasteiger charge is 2.44. The summed E-state index contributed by atoms with van der Waals surface area (Å²) in [5, 5.41) is -0.0524. The predicted molar refractivity (Wildman–Crippen MR) is 119 cm³/mol. The fourth-order valence-electron chi connectivity index (χ4n) is 2.45.